The Morgan fingerprint density at radius 2 is 1.96 bits per heavy atom. The lowest BCUT2D eigenvalue weighted by atomic mass is 10.1. The van der Waals surface area contributed by atoms with Gasteiger partial charge in [-0.1, -0.05) is 26.0 Å². The number of nitrogens with one attached hydrogen (secondary N) is 2. The predicted octanol–water partition coefficient (Wildman–Crippen LogP) is 2.53. The molecule has 0 radical (unpaired) electrons. The van der Waals surface area contributed by atoms with E-state index in [4.69, 9.17) is 4.74 Å². The fourth-order valence-electron chi connectivity index (χ4n) is 2.07. The number of nitrogens with zero attached hydrogens (tertiary/aromatic N) is 2. The van der Waals surface area contributed by atoms with Crippen LogP contribution in [0, 0.1) is 5.92 Å². The van der Waals surface area contributed by atoms with Crippen LogP contribution in [0.25, 0.3) is 0 Å². The van der Waals surface area contributed by atoms with Gasteiger partial charge in [-0.2, -0.15) is 0 Å². The van der Waals surface area contributed by atoms with Gasteiger partial charge in [0.2, 0.25) is 5.95 Å². The average Bonchev–Trinajstić information content (AvgIpc) is 2.60. The van der Waals surface area contributed by atoms with Gasteiger partial charge >= 0.3 is 0 Å². The van der Waals surface area contributed by atoms with Gasteiger partial charge in [0.1, 0.15) is 11.4 Å². The normalized spacial score (nSPS) is 10.5. The number of amides is 1. The maximum absolute atomic E-state index is 12.2. The molecule has 24 heavy (non-hydrogen) atoms. The predicted molar refractivity (Wildman–Crippen MR) is 94.4 cm³/mol. The zero-order valence-electron chi connectivity index (χ0n) is 14.4. The fraction of sp³-hybridized carbons (Fsp3) is 0.389. The number of aromatic nitrogens is 2. The number of anilines is 1. The van der Waals surface area contributed by atoms with Crippen LogP contribution in [0.4, 0.5) is 5.95 Å². The number of hydrogen-bond donors (Lipinski definition) is 2. The van der Waals surface area contributed by atoms with E-state index in [1.54, 1.807) is 19.4 Å². The Morgan fingerprint density at radius 1 is 1.21 bits per heavy atom. The summed E-state index contributed by atoms with van der Waals surface area (Å²) in [7, 11) is 1.64. The molecule has 0 unspecified atom stereocenters. The van der Waals surface area contributed by atoms with Crippen LogP contribution in [0.2, 0.25) is 0 Å². The molecule has 0 aliphatic heterocycles. The molecule has 0 saturated heterocycles. The molecule has 0 spiro atoms. The van der Waals surface area contributed by atoms with Crippen LogP contribution in [0.15, 0.2) is 36.5 Å². The summed E-state index contributed by atoms with van der Waals surface area (Å²) in [5.74, 6) is 1.59. The molecular weight excluding hydrogens is 304 g/mol. The molecule has 0 aliphatic rings. The van der Waals surface area contributed by atoms with Gasteiger partial charge in [0.25, 0.3) is 5.91 Å². The molecule has 128 valence electrons. The van der Waals surface area contributed by atoms with E-state index in [0.717, 1.165) is 24.3 Å². The van der Waals surface area contributed by atoms with Gasteiger partial charge in [0.15, 0.2) is 0 Å². The number of carbonyl (C=O) groups is 1. The Bertz CT molecular complexity index is 656. The van der Waals surface area contributed by atoms with Crippen molar-refractivity contribution in [3.8, 4) is 5.75 Å². The second kappa shape index (κ2) is 8.86. The molecule has 6 heteroatoms. The summed E-state index contributed by atoms with van der Waals surface area (Å²) in [4.78, 5) is 20.5. The van der Waals surface area contributed by atoms with Crippen LogP contribution >= 0.6 is 0 Å². The monoisotopic (exact) mass is 328 g/mol. The first-order valence-corrected chi connectivity index (χ1v) is 8.06. The highest BCUT2D eigenvalue weighted by Crippen LogP contribution is 2.11. The van der Waals surface area contributed by atoms with E-state index in [1.807, 2.05) is 24.3 Å². The third-order valence-electron chi connectivity index (χ3n) is 3.41. The van der Waals surface area contributed by atoms with Crippen LogP contribution in [-0.4, -0.2) is 36.1 Å². The highest BCUT2D eigenvalue weighted by atomic mass is 16.5. The first-order valence-electron chi connectivity index (χ1n) is 8.06. The summed E-state index contributed by atoms with van der Waals surface area (Å²) in [6.45, 7) is 5.51. The average molecular weight is 328 g/mol. The summed E-state index contributed by atoms with van der Waals surface area (Å²) in [6.07, 6.45) is 2.34. The molecule has 0 aliphatic carbocycles. The molecule has 1 heterocycles. The maximum atomic E-state index is 12.2. The summed E-state index contributed by atoms with van der Waals surface area (Å²) < 4.78 is 5.13. The summed E-state index contributed by atoms with van der Waals surface area (Å²) in [5, 5.41) is 6.00. The maximum Gasteiger partial charge on any atom is 0.270 e. The van der Waals surface area contributed by atoms with Crippen molar-refractivity contribution in [3.63, 3.8) is 0 Å². The van der Waals surface area contributed by atoms with Crippen molar-refractivity contribution in [3.05, 3.63) is 47.8 Å². The van der Waals surface area contributed by atoms with Gasteiger partial charge in [0.05, 0.1) is 7.11 Å². The van der Waals surface area contributed by atoms with Crippen LogP contribution in [0.1, 0.15) is 29.9 Å². The molecule has 6 nitrogen and oxygen atoms in total. The van der Waals surface area contributed by atoms with Gasteiger partial charge in [0, 0.05) is 19.3 Å². The smallest absolute Gasteiger partial charge is 0.270 e. The Kier molecular flexibility index (Phi) is 6.54. The minimum atomic E-state index is -0.196. The summed E-state index contributed by atoms with van der Waals surface area (Å²) >= 11 is 0. The fourth-order valence-corrected chi connectivity index (χ4v) is 2.07. The molecule has 1 aromatic carbocycles. The topological polar surface area (TPSA) is 76.1 Å². The zero-order valence-corrected chi connectivity index (χ0v) is 14.4. The van der Waals surface area contributed by atoms with Gasteiger partial charge < -0.3 is 15.4 Å². The number of benzene rings is 1. The Labute approximate surface area is 142 Å². The molecule has 1 aromatic heterocycles. The van der Waals surface area contributed by atoms with E-state index >= 15 is 0 Å². The Balaban J connectivity index is 1.84. The van der Waals surface area contributed by atoms with Crippen molar-refractivity contribution >= 4 is 11.9 Å². The largest absolute Gasteiger partial charge is 0.497 e. The van der Waals surface area contributed by atoms with Crippen molar-refractivity contribution in [1.29, 1.82) is 0 Å². The number of rotatable bonds is 8. The standard InChI is InChI=1S/C18H24N4O2/c1-13(2)12-21-18-20-11-9-16(22-18)17(23)19-10-8-14-4-6-15(24-3)7-5-14/h4-7,9,11,13H,8,10,12H2,1-3H3,(H,19,23)(H,20,21,22). The van der Waals surface area contributed by atoms with Gasteiger partial charge in [-0.15, -0.1) is 0 Å². The molecule has 1 amide bonds. The second-order valence-electron chi connectivity index (χ2n) is 5.89. The van der Waals surface area contributed by atoms with E-state index in [2.05, 4.69) is 34.4 Å². The molecule has 2 rings (SSSR count). The van der Waals surface area contributed by atoms with E-state index < -0.39 is 0 Å². The van der Waals surface area contributed by atoms with Crippen LogP contribution in [0.3, 0.4) is 0 Å². The van der Waals surface area contributed by atoms with E-state index in [1.165, 1.54) is 0 Å². The molecule has 0 bridgehead atoms. The molecule has 2 N–H and O–H groups in total. The molecule has 0 saturated carbocycles. The molecule has 0 fully saturated rings. The number of hydrogen-bond acceptors (Lipinski definition) is 5. The highest BCUT2D eigenvalue weighted by molar-refractivity contribution is 5.92. The van der Waals surface area contributed by atoms with Crippen molar-refractivity contribution in [2.75, 3.05) is 25.5 Å². The first kappa shape index (κ1) is 17.7. The lowest BCUT2D eigenvalue weighted by Gasteiger charge is -2.09. The third kappa shape index (κ3) is 5.53. The number of ether oxygens (including phenoxy) is 1. The van der Waals surface area contributed by atoms with Crippen LogP contribution in [-0.2, 0) is 6.42 Å². The first-order chi connectivity index (χ1) is 11.6. The molecule has 0 atom stereocenters. The van der Waals surface area contributed by atoms with E-state index in [0.29, 0.717) is 24.1 Å². The Morgan fingerprint density at radius 3 is 2.62 bits per heavy atom. The molecular formula is C18H24N4O2. The Hall–Kier alpha value is -2.63. The molecule has 2 aromatic rings. The summed E-state index contributed by atoms with van der Waals surface area (Å²) in [6, 6.07) is 9.42. The van der Waals surface area contributed by atoms with Crippen molar-refractivity contribution in [2.24, 2.45) is 5.92 Å². The second-order valence-corrected chi connectivity index (χ2v) is 5.89. The minimum Gasteiger partial charge on any atom is -0.497 e. The highest BCUT2D eigenvalue weighted by Gasteiger charge is 2.08. The third-order valence-corrected chi connectivity index (χ3v) is 3.41. The van der Waals surface area contributed by atoms with E-state index in [-0.39, 0.29) is 5.91 Å². The van der Waals surface area contributed by atoms with Gasteiger partial charge in [-0.3, -0.25) is 4.79 Å². The lowest BCUT2D eigenvalue weighted by molar-refractivity contribution is 0.0949. The van der Waals surface area contributed by atoms with Gasteiger partial charge in [-0.05, 0) is 36.1 Å². The summed E-state index contributed by atoms with van der Waals surface area (Å²) in [5.41, 5.74) is 1.50. The van der Waals surface area contributed by atoms with Crippen molar-refractivity contribution in [2.45, 2.75) is 20.3 Å². The van der Waals surface area contributed by atoms with E-state index in [9.17, 15) is 4.79 Å². The number of carbonyl (C=O) groups excluding carboxylic acids is 1. The van der Waals surface area contributed by atoms with Crippen molar-refractivity contribution < 1.29 is 9.53 Å². The minimum absolute atomic E-state index is 0.196. The van der Waals surface area contributed by atoms with Crippen molar-refractivity contribution in [1.82, 2.24) is 15.3 Å². The van der Waals surface area contributed by atoms with Gasteiger partial charge in [-0.25, -0.2) is 9.97 Å². The number of methoxy groups -OCH3 is 1. The van der Waals surface area contributed by atoms with Crippen LogP contribution < -0.4 is 15.4 Å². The lowest BCUT2D eigenvalue weighted by Crippen LogP contribution is -2.27. The SMILES string of the molecule is COc1ccc(CCNC(=O)c2ccnc(NCC(C)C)n2)cc1. The zero-order chi connectivity index (χ0) is 17.4. The van der Waals surface area contributed by atoms with Crippen LogP contribution in [0.5, 0.6) is 5.75 Å². The quantitative estimate of drug-likeness (QED) is 0.779.